The van der Waals surface area contributed by atoms with Gasteiger partial charge in [0.2, 0.25) is 5.88 Å². The van der Waals surface area contributed by atoms with Crippen LogP contribution in [0.4, 0.5) is 5.69 Å². The van der Waals surface area contributed by atoms with Crippen molar-refractivity contribution < 1.29 is 4.74 Å². The first-order valence-corrected chi connectivity index (χ1v) is 5.46. The van der Waals surface area contributed by atoms with Crippen molar-refractivity contribution in [2.24, 2.45) is 5.92 Å². The zero-order valence-corrected chi connectivity index (χ0v) is 9.73. The van der Waals surface area contributed by atoms with Crippen LogP contribution < -0.4 is 10.5 Å². The lowest BCUT2D eigenvalue weighted by atomic mass is 10.1. The Hall–Kier alpha value is -1.76. The Morgan fingerprint density at radius 2 is 2.38 bits per heavy atom. The van der Waals surface area contributed by atoms with Gasteiger partial charge in [0.05, 0.1) is 12.2 Å². The van der Waals surface area contributed by atoms with Gasteiger partial charge in [0.1, 0.15) is 11.8 Å². The third-order valence-corrected chi connectivity index (χ3v) is 2.36. The van der Waals surface area contributed by atoms with E-state index in [1.54, 1.807) is 6.07 Å². The van der Waals surface area contributed by atoms with Crippen LogP contribution >= 0.6 is 0 Å². The standard InChI is InChI=1S/C12H17N3O/c1-3-4-9(2)8-16-12-11(14)10(7-13)5-6-15-12/h5-6,9H,3-4,8,14H2,1-2H3. The van der Waals surface area contributed by atoms with Crippen molar-refractivity contribution in [3.63, 3.8) is 0 Å². The maximum Gasteiger partial charge on any atom is 0.238 e. The van der Waals surface area contributed by atoms with Gasteiger partial charge in [0.15, 0.2) is 0 Å². The van der Waals surface area contributed by atoms with Gasteiger partial charge in [-0.15, -0.1) is 0 Å². The average molecular weight is 219 g/mol. The molecule has 0 aliphatic heterocycles. The van der Waals surface area contributed by atoms with Crippen LogP contribution in [0.1, 0.15) is 32.3 Å². The lowest BCUT2D eigenvalue weighted by Crippen LogP contribution is -2.10. The minimum atomic E-state index is 0.327. The summed E-state index contributed by atoms with van der Waals surface area (Å²) in [5.41, 5.74) is 6.48. The van der Waals surface area contributed by atoms with E-state index in [2.05, 4.69) is 18.8 Å². The van der Waals surface area contributed by atoms with E-state index < -0.39 is 0 Å². The first-order valence-electron chi connectivity index (χ1n) is 5.46. The zero-order chi connectivity index (χ0) is 12.0. The van der Waals surface area contributed by atoms with Crippen LogP contribution in [-0.4, -0.2) is 11.6 Å². The predicted molar refractivity (Wildman–Crippen MR) is 62.9 cm³/mol. The van der Waals surface area contributed by atoms with Gasteiger partial charge in [-0.2, -0.15) is 5.26 Å². The molecule has 0 saturated carbocycles. The molecule has 0 fully saturated rings. The largest absolute Gasteiger partial charge is 0.476 e. The Morgan fingerprint density at radius 3 is 3.00 bits per heavy atom. The fraction of sp³-hybridized carbons (Fsp3) is 0.500. The molecule has 16 heavy (non-hydrogen) atoms. The molecule has 1 atom stereocenters. The van der Waals surface area contributed by atoms with Crippen LogP contribution in [0.5, 0.6) is 5.88 Å². The highest BCUT2D eigenvalue weighted by Crippen LogP contribution is 2.22. The summed E-state index contributed by atoms with van der Waals surface area (Å²) in [5, 5.41) is 8.79. The van der Waals surface area contributed by atoms with Gasteiger partial charge < -0.3 is 10.5 Å². The number of pyridine rings is 1. The third-order valence-electron chi connectivity index (χ3n) is 2.36. The van der Waals surface area contributed by atoms with E-state index in [1.807, 2.05) is 6.07 Å². The Morgan fingerprint density at radius 1 is 1.62 bits per heavy atom. The maximum atomic E-state index is 8.79. The monoisotopic (exact) mass is 219 g/mol. The lowest BCUT2D eigenvalue weighted by Gasteiger charge is -2.12. The second kappa shape index (κ2) is 5.96. The number of anilines is 1. The van der Waals surface area contributed by atoms with Crippen molar-refractivity contribution in [3.05, 3.63) is 17.8 Å². The molecular weight excluding hydrogens is 202 g/mol. The molecule has 0 amide bonds. The fourth-order valence-corrected chi connectivity index (χ4v) is 1.46. The summed E-state index contributed by atoms with van der Waals surface area (Å²) in [5.74, 6) is 0.832. The second-order valence-electron chi connectivity index (χ2n) is 3.89. The first-order chi connectivity index (χ1) is 7.69. The highest BCUT2D eigenvalue weighted by Gasteiger charge is 2.08. The second-order valence-corrected chi connectivity index (χ2v) is 3.89. The lowest BCUT2D eigenvalue weighted by molar-refractivity contribution is 0.244. The topological polar surface area (TPSA) is 71.9 Å². The molecule has 1 rings (SSSR count). The van der Waals surface area contributed by atoms with Crippen LogP contribution in [0.3, 0.4) is 0 Å². The number of nitrogens with zero attached hydrogens (tertiary/aromatic N) is 2. The van der Waals surface area contributed by atoms with Gasteiger partial charge in [-0.3, -0.25) is 0 Å². The zero-order valence-electron chi connectivity index (χ0n) is 9.73. The molecule has 0 spiro atoms. The van der Waals surface area contributed by atoms with Crippen LogP contribution in [0.25, 0.3) is 0 Å². The molecule has 4 nitrogen and oxygen atoms in total. The molecule has 0 saturated heterocycles. The predicted octanol–water partition coefficient (Wildman–Crippen LogP) is 2.35. The van der Waals surface area contributed by atoms with Gasteiger partial charge in [-0.25, -0.2) is 4.98 Å². The highest BCUT2D eigenvalue weighted by molar-refractivity contribution is 5.59. The van der Waals surface area contributed by atoms with Crippen molar-refractivity contribution in [1.82, 2.24) is 4.98 Å². The average Bonchev–Trinajstić information content (AvgIpc) is 2.28. The number of hydrogen-bond donors (Lipinski definition) is 1. The number of nitriles is 1. The van der Waals surface area contributed by atoms with Gasteiger partial charge in [0.25, 0.3) is 0 Å². The number of nitrogens with two attached hydrogens (primary N) is 1. The van der Waals surface area contributed by atoms with Gasteiger partial charge >= 0.3 is 0 Å². The number of ether oxygens (including phenoxy) is 1. The van der Waals surface area contributed by atoms with Crippen LogP contribution in [0.2, 0.25) is 0 Å². The van der Waals surface area contributed by atoms with E-state index in [-0.39, 0.29) is 0 Å². The molecule has 0 bridgehead atoms. The van der Waals surface area contributed by atoms with E-state index in [0.717, 1.165) is 12.8 Å². The summed E-state index contributed by atoms with van der Waals surface area (Å²) < 4.78 is 5.51. The van der Waals surface area contributed by atoms with Crippen molar-refractivity contribution in [3.8, 4) is 11.9 Å². The summed E-state index contributed by atoms with van der Waals surface area (Å²) in [6, 6.07) is 3.58. The molecule has 0 aliphatic carbocycles. The summed E-state index contributed by atoms with van der Waals surface area (Å²) in [4.78, 5) is 4.02. The fourth-order valence-electron chi connectivity index (χ4n) is 1.46. The van der Waals surface area contributed by atoms with Crippen molar-refractivity contribution in [2.45, 2.75) is 26.7 Å². The van der Waals surface area contributed by atoms with Crippen molar-refractivity contribution >= 4 is 5.69 Å². The summed E-state index contributed by atoms with van der Waals surface area (Å²) in [6.07, 6.45) is 3.78. The van der Waals surface area contributed by atoms with Crippen LogP contribution in [-0.2, 0) is 0 Å². The van der Waals surface area contributed by atoms with E-state index in [4.69, 9.17) is 15.7 Å². The van der Waals surface area contributed by atoms with E-state index in [9.17, 15) is 0 Å². The Bertz CT molecular complexity index is 384. The molecule has 86 valence electrons. The minimum Gasteiger partial charge on any atom is -0.476 e. The van der Waals surface area contributed by atoms with E-state index in [1.165, 1.54) is 6.20 Å². The minimum absolute atomic E-state index is 0.327. The highest BCUT2D eigenvalue weighted by atomic mass is 16.5. The quantitative estimate of drug-likeness (QED) is 0.825. The number of aromatic nitrogens is 1. The van der Waals surface area contributed by atoms with E-state index in [0.29, 0.717) is 29.7 Å². The third kappa shape index (κ3) is 3.13. The molecule has 1 aromatic heterocycles. The van der Waals surface area contributed by atoms with Crippen LogP contribution in [0.15, 0.2) is 12.3 Å². The molecule has 2 N–H and O–H groups in total. The molecule has 1 unspecified atom stereocenters. The molecule has 1 aromatic rings. The molecule has 1 heterocycles. The maximum absolute atomic E-state index is 8.79. The SMILES string of the molecule is CCCC(C)COc1nccc(C#N)c1N. The van der Waals surface area contributed by atoms with Gasteiger partial charge in [0, 0.05) is 6.20 Å². The van der Waals surface area contributed by atoms with Crippen molar-refractivity contribution in [1.29, 1.82) is 5.26 Å². The molecule has 4 heteroatoms. The molecule has 0 aromatic carbocycles. The molecule has 0 radical (unpaired) electrons. The summed E-state index contributed by atoms with van der Waals surface area (Å²) in [6.45, 7) is 4.84. The Balaban J connectivity index is 2.64. The number of rotatable bonds is 5. The molecular formula is C12H17N3O. The van der Waals surface area contributed by atoms with Crippen LogP contribution in [0, 0.1) is 17.2 Å². The summed E-state index contributed by atoms with van der Waals surface area (Å²) >= 11 is 0. The van der Waals surface area contributed by atoms with Crippen molar-refractivity contribution in [2.75, 3.05) is 12.3 Å². The Kier molecular flexibility index (Phi) is 4.59. The van der Waals surface area contributed by atoms with Gasteiger partial charge in [-0.05, 0) is 18.4 Å². The number of hydrogen-bond acceptors (Lipinski definition) is 4. The normalized spacial score (nSPS) is 11.8. The number of nitrogen functional groups attached to an aromatic ring is 1. The van der Waals surface area contributed by atoms with Gasteiger partial charge in [-0.1, -0.05) is 20.3 Å². The smallest absolute Gasteiger partial charge is 0.238 e. The Labute approximate surface area is 96.1 Å². The molecule has 0 aliphatic rings. The summed E-state index contributed by atoms with van der Waals surface area (Å²) in [7, 11) is 0. The van der Waals surface area contributed by atoms with E-state index >= 15 is 0 Å². The first kappa shape index (κ1) is 12.3.